The second-order valence-corrected chi connectivity index (χ2v) is 6.78. The molecule has 1 amide bonds. The van der Waals surface area contributed by atoms with Crippen molar-refractivity contribution in [2.75, 3.05) is 11.9 Å². The van der Waals surface area contributed by atoms with Gasteiger partial charge in [0.1, 0.15) is 21.8 Å². The van der Waals surface area contributed by atoms with Crippen LogP contribution in [0.5, 0.6) is 0 Å². The summed E-state index contributed by atoms with van der Waals surface area (Å²) in [4.78, 5) is 24.6. The second-order valence-electron chi connectivity index (χ2n) is 5.75. The number of hydrogen-bond acceptors (Lipinski definition) is 6. The van der Waals surface area contributed by atoms with Gasteiger partial charge >= 0.3 is 6.18 Å². The first-order valence-corrected chi connectivity index (χ1v) is 9.17. The summed E-state index contributed by atoms with van der Waals surface area (Å²) in [7, 11) is 0. The number of nitrogens with zero attached hydrogens (tertiary/aromatic N) is 2. The van der Waals surface area contributed by atoms with Crippen LogP contribution in [0.2, 0.25) is 0 Å². The van der Waals surface area contributed by atoms with Gasteiger partial charge < -0.3 is 15.7 Å². The van der Waals surface area contributed by atoms with Gasteiger partial charge in [-0.05, 0) is 24.6 Å². The number of aliphatic hydroxyl groups excluding tert-OH is 1. The summed E-state index contributed by atoms with van der Waals surface area (Å²) < 4.78 is 38.3. The Labute approximate surface area is 167 Å². The lowest BCUT2D eigenvalue weighted by Gasteiger charge is -2.07. The van der Waals surface area contributed by atoms with E-state index in [1.807, 2.05) is 0 Å². The molecule has 0 aliphatic rings. The predicted molar refractivity (Wildman–Crippen MR) is 102 cm³/mol. The van der Waals surface area contributed by atoms with E-state index in [4.69, 9.17) is 5.11 Å². The van der Waals surface area contributed by atoms with Crippen molar-refractivity contribution in [3.8, 4) is 6.07 Å². The number of alkyl halides is 3. The van der Waals surface area contributed by atoms with Crippen molar-refractivity contribution < 1.29 is 23.1 Å². The molecule has 0 bridgehead atoms. The number of carbonyl (C=O) groups excluding carboxylic acids is 1. The van der Waals surface area contributed by atoms with Gasteiger partial charge in [-0.1, -0.05) is 12.1 Å². The van der Waals surface area contributed by atoms with Crippen LogP contribution in [-0.4, -0.2) is 28.3 Å². The Balaban J connectivity index is 2.48. The number of benzene rings is 1. The van der Waals surface area contributed by atoms with Gasteiger partial charge in [0.25, 0.3) is 11.5 Å². The van der Waals surface area contributed by atoms with E-state index >= 15 is 0 Å². The van der Waals surface area contributed by atoms with E-state index < -0.39 is 29.8 Å². The maximum Gasteiger partial charge on any atom is 0.405 e. The fraction of sp³-hybridized carbons (Fsp3) is 0.278. The molecule has 0 spiro atoms. The van der Waals surface area contributed by atoms with Crippen LogP contribution >= 0.6 is 11.3 Å². The number of thiazole rings is 1. The number of rotatable bonds is 6. The number of carbonyl (C=O) groups is 1. The molecule has 2 rings (SSSR count). The van der Waals surface area contributed by atoms with Gasteiger partial charge in [0.05, 0.1) is 6.61 Å². The van der Waals surface area contributed by atoms with Crippen LogP contribution in [-0.2, 0) is 17.9 Å². The van der Waals surface area contributed by atoms with E-state index in [9.17, 15) is 28.0 Å². The lowest BCUT2D eigenvalue weighted by molar-refractivity contribution is -0.135. The largest absolute Gasteiger partial charge is 0.405 e. The Hall–Kier alpha value is -3.10. The number of aromatic nitrogens is 1. The third-order valence-corrected chi connectivity index (χ3v) is 4.84. The van der Waals surface area contributed by atoms with Crippen LogP contribution in [0.15, 0.2) is 29.1 Å². The van der Waals surface area contributed by atoms with Crippen molar-refractivity contribution in [3.05, 3.63) is 49.4 Å². The summed E-state index contributed by atoms with van der Waals surface area (Å²) in [5, 5.41) is 23.0. The van der Waals surface area contributed by atoms with Gasteiger partial charge in [-0.3, -0.25) is 14.2 Å². The highest BCUT2D eigenvalue weighted by Crippen LogP contribution is 2.12. The van der Waals surface area contributed by atoms with Crippen molar-refractivity contribution in [1.82, 2.24) is 9.88 Å². The zero-order valence-electron chi connectivity index (χ0n) is 15.2. The summed E-state index contributed by atoms with van der Waals surface area (Å²) >= 11 is 0.816. The smallest absolute Gasteiger partial charge is 0.392 e. The zero-order chi connectivity index (χ0) is 21.6. The molecule has 1 aromatic heterocycles. The Morgan fingerprint density at radius 2 is 2.14 bits per heavy atom. The van der Waals surface area contributed by atoms with Gasteiger partial charge in [0.2, 0.25) is 0 Å². The maximum absolute atomic E-state index is 12.6. The number of hydrogen-bond donors (Lipinski definition) is 3. The number of nitriles is 1. The molecule has 0 fully saturated rings. The molecule has 11 heteroatoms. The molecule has 0 unspecified atom stereocenters. The molecule has 154 valence electrons. The van der Waals surface area contributed by atoms with Crippen LogP contribution in [0.3, 0.4) is 0 Å². The van der Waals surface area contributed by atoms with Gasteiger partial charge in [0.15, 0.2) is 5.57 Å². The number of anilines is 1. The molecule has 0 aliphatic carbocycles. The average Bonchev–Trinajstić information content (AvgIpc) is 3.00. The number of aliphatic hydroxyl groups is 1. The van der Waals surface area contributed by atoms with Crippen molar-refractivity contribution in [2.45, 2.75) is 26.3 Å². The minimum Gasteiger partial charge on any atom is -0.392 e. The van der Waals surface area contributed by atoms with Crippen LogP contribution in [0.1, 0.15) is 12.5 Å². The first kappa shape index (κ1) is 22.2. The summed E-state index contributed by atoms with van der Waals surface area (Å²) in [6.07, 6.45) is -3.25. The van der Waals surface area contributed by atoms with Crippen LogP contribution in [0.25, 0.3) is 11.8 Å². The van der Waals surface area contributed by atoms with E-state index in [1.165, 1.54) is 6.20 Å². The van der Waals surface area contributed by atoms with Gasteiger partial charge in [-0.15, -0.1) is 11.3 Å². The predicted octanol–water partition coefficient (Wildman–Crippen LogP) is 0.625. The summed E-state index contributed by atoms with van der Waals surface area (Å²) in [6.45, 7) is -0.00623. The third-order valence-electron chi connectivity index (χ3n) is 3.71. The standard InChI is InChI=1S/C18H17F3N4O3S/c1-2-25-16(28)14(8-23-12-5-3-4-11(6-12)9-26)29-17(25)13(7-22)15(27)24-10-18(19,20)21/h3-6,8,23,26H,2,9-10H2,1H3,(H,24,27)/b14-8+,17-13-. The van der Waals surface area contributed by atoms with Crippen LogP contribution in [0, 0.1) is 11.3 Å². The molecule has 1 heterocycles. The summed E-state index contributed by atoms with van der Waals surface area (Å²) in [5.74, 6) is -1.21. The highest BCUT2D eigenvalue weighted by atomic mass is 32.1. The minimum absolute atomic E-state index is 0.0307. The quantitative estimate of drug-likeness (QED) is 0.628. The summed E-state index contributed by atoms with van der Waals surface area (Å²) in [5.41, 5.74) is 0.193. The van der Waals surface area contributed by atoms with E-state index in [-0.39, 0.29) is 22.3 Å². The van der Waals surface area contributed by atoms with Crippen LogP contribution in [0.4, 0.5) is 18.9 Å². The van der Waals surface area contributed by atoms with Gasteiger partial charge in [0, 0.05) is 18.4 Å². The molecule has 29 heavy (non-hydrogen) atoms. The molecule has 1 aromatic carbocycles. The molecular formula is C18H17F3N4O3S. The number of nitrogens with one attached hydrogen (secondary N) is 2. The Morgan fingerprint density at radius 1 is 1.41 bits per heavy atom. The zero-order valence-corrected chi connectivity index (χ0v) is 16.0. The molecule has 2 aromatic rings. The Morgan fingerprint density at radius 3 is 2.72 bits per heavy atom. The Kier molecular flexibility index (Phi) is 7.19. The van der Waals surface area contributed by atoms with E-state index in [1.54, 1.807) is 42.6 Å². The first-order valence-electron chi connectivity index (χ1n) is 8.35. The highest BCUT2D eigenvalue weighted by molar-refractivity contribution is 7.07. The maximum atomic E-state index is 12.6. The minimum atomic E-state index is -4.62. The lowest BCUT2D eigenvalue weighted by Crippen LogP contribution is -2.37. The van der Waals surface area contributed by atoms with Crippen molar-refractivity contribution >= 4 is 34.7 Å². The topological polar surface area (TPSA) is 107 Å². The molecule has 7 nitrogen and oxygen atoms in total. The normalized spacial score (nSPS) is 13.0. The van der Waals surface area contributed by atoms with Crippen molar-refractivity contribution in [3.63, 3.8) is 0 Å². The molecule has 3 N–H and O–H groups in total. The first-order chi connectivity index (χ1) is 13.7. The van der Waals surface area contributed by atoms with Crippen molar-refractivity contribution in [2.24, 2.45) is 0 Å². The summed E-state index contributed by atoms with van der Waals surface area (Å²) in [6, 6.07) is 8.38. The molecular weight excluding hydrogens is 409 g/mol. The SMILES string of the molecule is CCn1c(=O)/c(=C\Nc2cccc(CO)c2)s/c1=C(/C#N)C(=O)NCC(F)(F)F. The van der Waals surface area contributed by atoms with E-state index in [2.05, 4.69) is 5.32 Å². The van der Waals surface area contributed by atoms with E-state index in [0.717, 1.165) is 15.9 Å². The monoisotopic (exact) mass is 426 g/mol. The lowest BCUT2D eigenvalue weighted by atomic mass is 10.2. The molecule has 0 radical (unpaired) electrons. The van der Waals surface area contributed by atoms with Gasteiger partial charge in [-0.25, -0.2) is 0 Å². The number of amides is 1. The second kappa shape index (κ2) is 9.40. The average molecular weight is 426 g/mol. The molecule has 0 atom stereocenters. The van der Waals surface area contributed by atoms with E-state index in [0.29, 0.717) is 11.3 Å². The molecule has 0 saturated carbocycles. The fourth-order valence-corrected chi connectivity index (χ4v) is 3.45. The highest BCUT2D eigenvalue weighted by Gasteiger charge is 2.28. The molecule has 0 aliphatic heterocycles. The fourth-order valence-electron chi connectivity index (χ4n) is 2.37. The third kappa shape index (κ3) is 5.69. The van der Waals surface area contributed by atoms with Gasteiger partial charge in [-0.2, -0.15) is 18.4 Å². The number of halogens is 3. The van der Waals surface area contributed by atoms with Crippen LogP contribution < -0.4 is 25.4 Å². The van der Waals surface area contributed by atoms with Crippen molar-refractivity contribution in [1.29, 1.82) is 5.26 Å². The Bertz CT molecular complexity index is 1110. The molecule has 0 saturated heterocycles.